The highest BCUT2D eigenvalue weighted by molar-refractivity contribution is 6.30. The number of carbonyl (C=O) groups excluding carboxylic acids is 1. The molecule has 1 aromatic carbocycles. The molecule has 0 aliphatic carbocycles. The first kappa shape index (κ1) is 15.3. The van der Waals surface area contributed by atoms with Gasteiger partial charge in [-0.1, -0.05) is 36.6 Å². The Balaban J connectivity index is 2.16. The van der Waals surface area contributed by atoms with Crippen LogP contribution >= 0.6 is 11.6 Å². The van der Waals surface area contributed by atoms with Crippen molar-refractivity contribution in [1.82, 2.24) is 4.90 Å². The van der Waals surface area contributed by atoms with E-state index in [2.05, 4.69) is 0 Å². The number of benzene rings is 1. The van der Waals surface area contributed by atoms with Gasteiger partial charge in [0.15, 0.2) is 0 Å². The van der Waals surface area contributed by atoms with Crippen molar-refractivity contribution < 1.29 is 4.79 Å². The second-order valence-electron chi connectivity index (χ2n) is 5.40. The van der Waals surface area contributed by atoms with E-state index in [-0.39, 0.29) is 11.9 Å². The Morgan fingerprint density at radius 3 is 2.70 bits per heavy atom. The summed E-state index contributed by atoms with van der Waals surface area (Å²) in [5, 5.41) is 0.739. The van der Waals surface area contributed by atoms with Crippen LogP contribution < -0.4 is 5.73 Å². The SMILES string of the molecule is NCCCC(=O)N1CCCCCC1c1ccc(Cl)cc1. The highest BCUT2D eigenvalue weighted by Gasteiger charge is 2.26. The summed E-state index contributed by atoms with van der Waals surface area (Å²) in [5.74, 6) is 0.234. The Morgan fingerprint density at radius 1 is 1.25 bits per heavy atom. The summed E-state index contributed by atoms with van der Waals surface area (Å²) in [6, 6.07) is 8.09. The zero-order valence-electron chi connectivity index (χ0n) is 11.9. The van der Waals surface area contributed by atoms with Crippen LogP contribution in [0.3, 0.4) is 0 Å². The van der Waals surface area contributed by atoms with E-state index in [0.29, 0.717) is 13.0 Å². The molecule has 1 atom stereocenters. The third kappa shape index (κ3) is 3.97. The minimum absolute atomic E-state index is 0.194. The number of rotatable bonds is 4. The van der Waals surface area contributed by atoms with Gasteiger partial charge in [0.05, 0.1) is 6.04 Å². The van der Waals surface area contributed by atoms with Crippen molar-refractivity contribution in [2.45, 2.75) is 44.6 Å². The maximum absolute atomic E-state index is 12.4. The van der Waals surface area contributed by atoms with Gasteiger partial charge in [0, 0.05) is 18.0 Å². The summed E-state index contributed by atoms with van der Waals surface area (Å²) < 4.78 is 0. The molecule has 110 valence electrons. The summed E-state index contributed by atoms with van der Waals surface area (Å²) in [6.45, 7) is 1.43. The fourth-order valence-corrected chi connectivity index (χ4v) is 2.96. The predicted molar refractivity (Wildman–Crippen MR) is 82.7 cm³/mol. The van der Waals surface area contributed by atoms with E-state index < -0.39 is 0 Å². The van der Waals surface area contributed by atoms with Gasteiger partial charge in [0.1, 0.15) is 0 Å². The van der Waals surface area contributed by atoms with Gasteiger partial charge in [-0.25, -0.2) is 0 Å². The molecule has 1 heterocycles. The van der Waals surface area contributed by atoms with E-state index in [1.807, 2.05) is 29.2 Å². The van der Waals surface area contributed by atoms with Gasteiger partial charge in [-0.2, -0.15) is 0 Å². The van der Waals surface area contributed by atoms with Crippen molar-refractivity contribution in [3.63, 3.8) is 0 Å². The fourth-order valence-electron chi connectivity index (χ4n) is 2.84. The quantitative estimate of drug-likeness (QED) is 0.923. The van der Waals surface area contributed by atoms with Crippen LogP contribution in [0.25, 0.3) is 0 Å². The molecule has 1 unspecified atom stereocenters. The van der Waals surface area contributed by atoms with Gasteiger partial charge in [0.2, 0.25) is 5.91 Å². The maximum atomic E-state index is 12.4. The van der Waals surface area contributed by atoms with Gasteiger partial charge in [-0.05, 0) is 43.5 Å². The van der Waals surface area contributed by atoms with Gasteiger partial charge < -0.3 is 10.6 Å². The van der Waals surface area contributed by atoms with Crippen molar-refractivity contribution in [1.29, 1.82) is 0 Å². The maximum Gasteiger partial charge on any atom is 0.223 e. The Hall–Kier alpha value is -1.06. The van der Waals surface area contributed by atoms with Crippen LogP contribution in [0.4, 0.5) is 0 Å². The normalized spacial score (nSPS) is 19.7. The lowest BCUT2D eigenvalue weighted by Gasteiger charge is -2.30. The van der Waals surface area contributed by atoms with Crippen molar-refractivity contribution in [2.24, 2.45) is 5.73 Å². The molecule has 1 fully saturated rings. The molecule has 1 aromatic rings. The van der Waals surface area contributed by atoms with Crippen LogP contribution in [0, 0.1) is 0 Å². The molecule has 0 aromatic heterocycles. The zero-order valence-corrected chi connectivity index (χ0v) is 12.6. The lowest BCUT2D eigenvalue weighted by atomic mass is 10.0. The molecule has 2 rings (SSSR count). The smallest absolute Gasteiger partial charge is 0.223 e. The average molecular weight is 295 g/mol. The molecule has 0 spiro atoms. The molecule has 3 nitrogen and oxygen atoms in total. The Morgan fingerprint density at radius 2 is 2.00 bits per heavy atom. The Kier molecular flexibility index (Phi) is 5.86. The number of hydrogen-bond donors (Lipinski definition) is 1. The summed E-state index contributed by atoms with van der Waals surface area (Å²) in [6.07, 6.45) is 5.83. The van der Waals surface area contributed by atoms with E-state index in [1.165, 1.54) is 18.4 Å². The first-order valence-corrected chi connectivity index (χ1v) is 7.85. The van der Waals surface area contributed by atoms with Crippen molar-refractivity contribution in [2.75, 3.05) is 13.1 Å². The number of likely N-dealkylation sites (tertiary alicyclic amines) is 1. The number of hydrogen-bond acceptors (Lipinski definition) is 2. The largest absolute Gasteiger partial charge is 0.336 e. The lowest BCUT2D eigenvalue weighted by molar-refractivity contribution is -0.133. The number of nitrogens with zero attached hydrogens (tertiary/aromatic N) is 1. The number of nitrogens with two attached hydrogens (primary N) is 1. The molecular formula is C16H23ClN2O. The molecule has 4 heteroatoms. The lowest BCUT2D eigenvalue weighted by Crippen LogP contribution is -2.34. The van der Waals surface area contributed by atoms with Crippen LogP contribution in [0.5, 0.6) is 0 Å². The molecule has 0 bridgehead atoms. The molecule has 0 radical (unpaired) electrons. The second-order valence-corrected chi connectivity index (χ2v) is 5.83. The van der Waals surface area contributed by atoms with Gasteiger partial charge in [-0.3, -0.25) is 4.79 Å². The van der Waals surface area contributed by atoms with Gasteiger partial charge >= 0.3 is 0 Å². The average Bonchev–Trinajstić information content (AvgIpc) is 2.71. The minimum atomic E-state index is 0.194. The molecule has 0 saturated carbocycles. The predicted octanol–water partition coefficient (Wildman–Crippen LogP) is 3.52. The monoisotopic (exact) mass is 294 g/mol. The van der Waals surface area contributed by atoms with E-state index >= 15 is 0 Å². The first-order chi connectivity index (χ1) is 9.72. The van der Waals surface area contributed by atoms with Crippen LogP contribution in [-0.2, 0) is 4.79 Å². The van der Waals surface area contributed by atoms with E-state index in [9.17, 15) is 4.79 Å². The molecular weight excluding hydrogens is 272 g/mol. The molecule has 2 N–H and O–H groups in total. The highest BCUT2D eigenvalue weighted by atomic mass is 35.5. The number of amides is 1. The summed E-state index contributed by atoms with van der Waals surface area (Å²) in [4.78, 5) is 14.5. The van der Waals surface area contributed by atoms with E-state index in [4.69, 9.17) is 17.3 Å². The van der Waals surface area contributed by atoms with Crippen molar-refractivity contribution in [3.05, 3.63) is 34.9 Å². The number of halogens is 1. The van der Waals surface area contributed by atoms with Crippen LogP contribution in [0.15, 0.2) is 24.3 Å². The van der Waals surface area contributed by atoms with Crippen LogP contribution in [0.2, 0.25) is 5.02 Å². The molecule has 1 aliphatic rings. The van der Waals surface area contributed by atoms with Gasteiger partial charge in [-0.15, -0.1) is 0 Å². The van der Waals surface area contributed by atoms with E-state index in [0.717, 1.165) is 30.8 Å². The highest BCUT2D eigenvalue weighted by Crippen LogP contribution is 2.31. The summed E-state index contributed by atoms with van der Waals surface area (Å²) >= 11 is 5.96. The topological polar surface area (TPSA) is 46.3 Å². The summed E-state index contributed by atoms with van der Waals surface area (Å²) in [5.41, 5.74) is 6.71. The first-order valence-electron chi connectivity index (χ1n) is 7.47. The van der Waals surface area contributed by atoms with Crippen LogP contribution in [-0.4, -0.2) is 23.9 Å². The van der Waals surface area contributed by atoms with Crippen molar-refractivity contribution >= 4 is 17.5 Å². The molecule has 20 heavy (non-hydrogen) atoms. The zero-order chi connectivity index (χ0) is 14.4. The third-order valence-corrected chi connectivity index (χ3v) is 4.17. The summed E-state index contributed by atoms with van der Waals surface area (Å²) in [7, 11) is 0. The van der Waals surface area contributed by atoms with Crippen LogP contribution in [0.1, 0.15) is 50.1 Å². The van der Waals surface area contributed by atoms with Crippen molar-refractivity contribution in [3.8, 4) is 0 Å². The minimum Gasteiger partial charge on any atom is -0.336 e. The van der Waals surface area contributed by atoms with Gasteiger partial charge in [0.25, 0.3) is 0 Å². The molecule has 1 saturated heterocycles. The molecule has 1 aliphatic heterocycles. The fraction of sp³-hybridized carbons (Fsp3) is 0.562. The third-order valence-electron chi connectivity index (χ3n) is 3.92. The number of carbonyl (C=O) groups is 1. The van der Waals surface area contributed by atoms with E-state index in [1.54, 1.807) is 0 Å². The Bertz CT molecular complexity index is 433. The standard InChI is InChI=1S/C16H23ClN2O/c17-14-9-7-13(8-10-14)15-5-2-1-3-12-19(15)16(20)6-4-11-18/h7-10,15H,1-6,11-12,18H2. The second kappa shape index (κ2) is 7.65. The Labute approximate surface area is 126 Å². The molecule has 1 amide bonds.